The van der Waals surface area contributed by atoms with E-state index >= 15 is 0 Å². The highest BCUT2D eigenvalue weighted by Crippen LogP contribution is 2.23. The molecule has 0 fully saturated rings. The molecule has 1 N–H and O–H groups in total. The van der Waals surface area contributed by atoms with Crippen LogP contribution in [0.1, 0.15) is 19.4 Å². The molecule has 0 bridgehead atoms. The molecule has 0 atom stereocenters. The lowest BCUT2D eigenvalue weighted by Crippen LogP contribution is -2.33. The van der Waals surface area contributed by atoms with Crippen molar-refractivity contribution in [2.75, 3.05) is 0 Å². The minimum Gasteiger partial charge on any atom is -0.411 e. The molecule has 0 aliphatic carbocycles. The van der Waals surface area contributed by atoms with Gasteiger partial charge in [0.25, 0.3) is 0 Å². The van der Waals surface area contributed by atoms with Crippen LogP contribution in [0.15, 0.2) is 34.3 Å². The van der Waals surface area contributed by atoms with Gasteiger partial charge in [0.2, 0.25) is 0 Å². The average Bonchev–Trinajstić information content (AvgIpc) is 2.18. The smallest absolute Gasteiger partial charge is 0.188 e. The second-order valence-electron chi connectivity index (χ2n) is 4.16. The molecule has 1 aromatic rings. The Hall–Kier alpha value is -1.36. The molecule has 0 radical (unpaired) electrons. The topological polar surface area (TPSA) is 66.7 Å². The largest absolute Gasteiger partial charge is 0.411 e. The fourth-order valence-electron chi connectivity index (χ4n) is 1.23. The van der Waals surface area contributed by atoms with Gasteiger partial charge in [-0.25, -0.2) is 8.42 Å². The Bertz CT molecular complexity index is 486. The van der Waals surface area contributed by atoms with Crippen LogP contribution in [-0.2, 0) is 9.84 Å². The van der Waals surface area contributed by atoms with Gasteiger partial charge in [0.05, 0.1) is 11.1 Å². The number of oxime groups is 1. The molecule has 0 amide bonds. The molecule has 1 aromatic carbocycles. The zero-order valence-corrected chi connectivity index (χ0v) is 10.3. The number of benzene rings is 1. The van der Waals surface area contributed by atoms with Crippen LogP contribution in [0.3, 0.4) is 0 Å². The number of sulfone groups is 1. The van der Waals surface area contributed by atoms with Crippen LogP contribution in [0.5, 0.6) is 0 Å². The van der Waals surface area contributed by atoms with E-state index in [4.69, 9.17) is 5.21 Å². The molecule has 0 aromatic heterocycles. The summed E-state index contributed by atoms with van der Waals surface area (Å²) in [6, 6.07) is 6.58. The minimum atomic E-state index is -3.53. The molecule has 88 valence electrons. The lowest BCUT2D eigenvalue weighted by molar-refractivity contribution is 0.319. The molecular formula is C11H15NO3S. The standard InChI is InChI=1S/C11H15NO3S/c1-9-4-6-10(7-5-9)16(14,15)11(2,3)8-12-13/h4-8,13H,1-3H3. The summed E-state index contributed by atoms with van der Waals surface area (Å²) in [7, 11) is -3.53. The van der Waals surface area contributed by atoms with E-state index in [2.05, 4.69) is 5.16 Å². The van der Waals surface area contributed by atoms with Crippen molar-refractivity contribution in [2.24, 2.45) is 5.16 Å². The van der Waals surface area contributed by atoms with Crippen LogP contribution >= 0.6 is 0 Å². The summed E-state index contributed by atoms with van der Waals surface area (Å²) in [5, 5.41) is 11.3. The van der Waals surface area contributed by atoms with E-state index in [1.54, 1.807) is 24.3 Å². The molecule has 0 saturated heterocycles. The Morgan fingerprint density at radius 2 is 1.75 bits per heavy atom. The lowest BCUT2D eigenvalue weighted by atomic mass is 10.2. The van der Waals surface area contributed by atoms with Gasteiger partial charge >= 0.3 is 0 Å². The van der Waals surface area contributed by atoms with Crippen molar-refractivity contribution in [3.05, 3.63) is 29.8 Å². The summed E-state index contributed by atoms with van der Waals surface area (Å²) in [5.41, 5.74) is 0.993. The highest BCUT2D eigenvalue weighted by Gasteiger charge is 2.34. The van der Waals surface area contributed by atoms with Gasteiger partial charge in [-0.15, -0.1) is 5.16 Å². The first kappa shape index (κ1) is 12.7. The summed E-state index contributed by atoms with van der Waals surface area (Å²) in [5.74, 6) is 0. The maximum Gasteiger partial charge on any atom is 0.188 e. The Balaban J connectivity index is 3.27. The van der Waals surface area contributed by atoms with Crippen molar-refractivity contribution in [2.45, 2.75) is 30.4 Å². The summed E-state index contributed by atoms with van der Waals surface area (Å²) >= 11 is 0. The first-order valence-electron chi connectivity index (χ1n) is 4.81. The molecule has 5 heteroatoms. The van der Waals surface area contributed by atoms with E-state index in [-0.39, 0.29) is 4.90 Å². The Kier molecular flexibility index (Phi) is 3.38. The zero-order chi connectivity index (χ0) is 12.4. The minimum absolute atomic E-state index is 0.225. The molecule has 4 nitrogen and oxygen atoms in total. The molecule has 0 heterocycles. The summed E-state index contributed by atoms with van der Waals surface area (Å²) in [6.07, 6.45) is 1.02. The maximum absolute atomic E-state index is 12.2. The lowest BCUT2D eigenvalue weighted by Gasteiger charge is -2.19. The van der Waals surface area contributed by atoms with Gasteiger partial charge in [0, 0.05) is 0 Å². The number of rotatable bonds is 3. The molecule has 16 heavy (non-hydrogen) atoms. The first-order valence-corrected chi connectivity index (χ1v) is 6.29. The molecular weight excluding hydrogens is 226 g/mol. The second kappa shape index (κ2) is 4.25. The van der Waals surface area contributed by atoms with Crippen LogP contribution < -0.4 is 0 Å². The van der Waals surface area contributed by atoms with E-state index in [0.29, 0.717) is 0 Å². The fraction of sp³-hybridized carbons (Fsp3) is 0.364. The van der Waals surface area contributed by atoms with Gasteiger partial charge in [-0.3, -0.25) is 0 Å². The van der Waals surface area contributed by atoms with Crippen molar-refractivity contribution in [1.82, 2.24) is 0 Å². The highest BCUT2D eigenvalue weighted by molar-refractivity contribution is 7.93. The third kappa shape index (κ3) is 2.24. The predicted octanol–water partition coefficient (Wildman–Crippen LogP) is 2.01. The zero-order valence-electron chi connectivity index (χ0n) is 9.51. The predicted molar refractivity (Wildman–Crippen MR) is 62.7 cm³/mol. The van der Waals surface area contributed by atoms with Gasteiger partial charge in [-0.05, 0) is 32.9 Å². The van der Waals surface area contributed by atoms with Gasteiger partial charge in [0.1, 0.15) is 4.75 Å². The van der Waals surface area contributed by atoms with E-state index in [1.165, 1.54) is 13.8 Å². The van der Waals surface area contributed by atoms with Crippen molar-refractivity contribution in [1.29, 1.82) is 0 Å². The number of hydrogen-bond acceptors (Lipinski definition) is 4. The monoisotopic (exact) mass is 241 g/mol. The Morgan fingerprint density at radius 3 is 2.19 bits per heavy atom. The van der Waals surface area contributed by atoms with Crippen LogP contribution in [0, 0.1) is 6.92 Å². The number of hydrogen-bond donors (Lipinski definition) is 1. The van der Waals surface area contributed by atoms with Gasteiger partial charge in [-0.1, -0.05) is 17.7 Å². The van der Waals surface area contributed by atoms with Crippen molar-refractivity contribution >= 4 is 16.1 Å². The normalized spacial score (nSPS) is 13.2. The van der Waals surface area contributed by atoms with Crippen molar-refractivity contribution < 1.29 is 13.6 Å². The third-order valence-electron chi connectivity index (χ3n) is 2.39. The van der Waals surface area contributed by atoms with Gasteiger partial charge in [-0.2, -0.15) is 0 Å². The van der Waals surface area contributed by atoms with Gasteiger partial charge < -0.3 is 5.21 Å². The fourth-order valence-corrected chi connectivity index (χ4v) is 2.52. The average molecular weight is 241 g/mol. The molecule has 0 unspecified atom stereocenters. The molecule has 0 spiro atoms. The third-order valence-corrected chi connectivity index (χ3v) is 4.78. The Morgan fingerprint density at radius 1 is 1.25 bits per heavy atom. The van der Waals surface area contributed by atoms with E-state index in [9.17, 15) is 8.42 Å². The molecule has 1 rings (SSSR count). The highest BCUT2D eigenvalue weighted by atomic mass is 32.2. The van der Waals surface area contributed by atoms with E-state index < -0.39 is 14.6 Å². The molecule has 0 aliphatic heterocycles. The molecule has 0 saturated carbocycles. The molecule has 0 aliphatic rings. The maximum atomic E-state index is 12.2. The Labute approximate surface area is 95.5 Å². The van der Waals surface area contributed by atoms with Crippen molar-refractivity contribution in [3.8, 4) is 0 Å². The van der Waals surface area contributed by atoms with Gasteiger partial charge in [0.15, 0.2) is 9.84 Å². The second-order valence-corrected chi connectivity index (χ2v) is 6.69. The van der Waals surface area contributed by atoms with Crippen LogP contribution in [0.4, 0.5) is 0 Å². The summed E-state index contributed by atoms with van der Waals surface area (Å²) in [6.45, 7) is 4.86. The SMILES string of the molecule is Cc1ccc(S(=O)(=O)C(C)(C)C=NO)cc1. The summed E-state index contributed by atoms with van der Waals surface area (Å²) in [4.78, 5) is 0.225. The number of nitrogens with zero attached hydrogens (tertiary/aromatic N) is 1. The van der Waals surface area contributed by atoms with E-state index in [1.807, 2.05) is 6.92 Å². The van der Waals surface area contributed by atoms with Crippen LogP contribution in [0.2, 0.25) is 0 Å². The van der Waals surface area contributed by atoms with Crippen LogP contribution in [-0.4, -0.2) is 24.6 Å². The first-order chi connectivity index (χ1) is 7.31. The van der Waals surface area contributed by atoms with E-state index in [0.717, 1.165) is 11.8 Å². The van der Waals surface area contributed by atoms with Crippen LogP contribution in [0.25, 0.3) is 0 Å². The summed E-state index contributed by atoms with van der Waals surface area (Å²) < 4.78 is 23.1. The number of aryl methyl sites for hydroxylation is 1. The quantitative estimate of drug-likeness (QED) is 0.500. The van der Waals surface area contributed by atoms with Crippen molar-refractivity contribution in [3.63, 3.8) is 0 Å².